The minimum Gasteiger partial charge on any atom is -0.450 e. The summed E-state index contributed by atoms with van der Waals surface area (Å²) in [5.74, 6) is -1.15. The van der Waals surface area contributed by atoms with Crippen molar-refractivity contribution in [3.63, 3.8) is 0 Å². The van der Waals surface area contributed by atoms with Crippen LogP contribution in [0.4, 0.5) is 4.79 Å². The summed E-state index contributed by atoms with van der Waals surface area (Å²) < 4.78 is 5.46. The maximum atomic E-state index is 13.1. The van der Waals surface area contributed by atoms with Crippen LogP contribution in [0.5, 0.6) is 0 Å². The van der Waals surface area contributed by atoms with Gasteiger partial charge in [-0.15, -0.1) is 0 Å². The van der Waals surface area contributed by atoms with Gasteiger partial charge >= 0.3 is 6.09 Å². The van der Waals surface area contributed by atoms with E-state index >= 15 is 0 Å². The number of hydrogen-bond donors (Lipinski definition) is 4. The maximum absolute atomic E-state index is 13.1. The first kappa shape index (κ1) is 37.6. The highest BCUT2D eigenvalue weighted by molar-refractivity contribution is 5.88. The van der Waals surface area contributed by atoms with Crippen LogP contribution in [0.1, 0.15) is 149 Å². The third-order valence-corrected chi connectivity index (χ3v) is 8.89. The van der Waals surface area contributed by atoms with Crippen molar-refractivity contribution in [2.75, 3.05) is 13.2 Å². The Morgan fingerprint density at radius 3 is 2.14 bits per heavy atom. The highest BCUT2D eigenvalue weighted by Gasteiger charge is 2.40. The zero-order valence-electron chi connectivity index (χ0n) is 27.8. The molecule has 2 heterocycles. The number of unbranched alkanes of at least 4 members (excludes halogenated alkanes) is 14. The molecular weight excluding hydrogens is 556 g/mol. The van der Waals surface area contributed by atoms with E-state index in [1.165, 1.54) is 70.6 Å². The molecule has 4 atom stereocenters. The lowest BCUT2D eigenvalue weighted by Crippen LogP contribution is -2.54. The Morgan fingerprint density at radius 1 is 0.818 bits per heavy atom. The number of alkyl carbamates (subject to hydrolysis) is 1. The molecule has 0 aliphatic carbocycles. The second-order valence-corrected chi connectivity index (χ2v) is 12.8. The molecule has 9 heteroatoms. The van der Waals surface area contributed by atoms with E-state index in [1.54, 1.807) is 6.08 Å². The zero-order valence-corrected chi connectivity index (χ0v) is 27.8. The number of hydrogen-bond acceptors (Lipinski definition) is 5. The number of ether oxygens (including phenoxy) is 1. The molecule has 2 aliphatic rings. The molecule has 44 heavy (non-hydrogen) atoms. The van der Waals surface area contributed by atoms with Crippen molar-refractivity contribution in [1.29, 1.82) is 0 Å². The van der Waals surface area contributed by atoms with Crippen molar-refractivity contribution < 1.29 is 23.9 Å². The highest BCUT2D eigenvalue weighted by Crippen LogP contribution is 2.24. The van der Waals surface area contributed by atoms with E-state index in [0.717, 1.165) is 38.5 Å². The molecular formula is C35H62N4O5. The zero-order chi connectivity index (χ0) is 31.8. The molecule has 0 aromatic rings. The molecule has 2 rings (SSSR count). The Bertz CT molecular complexity index is 864. The summed E-state index contributed by atoms with van der Waals surface area (Å²) in [5, 5.41) is 11.9. The van der Waals surface area contributed by atoms with E-state index in [1.807, 2.05) is 6.08 Å². The van der Waals surface area contributed by atoms with E-state index in [9.17, 15) is 19.2 Å². The molecule has 2 saturated heterocycles. The first-order valence-corrected chi connectivity index (χ1v) is 17.9. The van der Waals surface area contributed by atoms with E-state index in [2.05, 4.69) is 35.1 Å². The standard InChI is InChI=1S/C35H62N4O5/c1-3-5-7-9-11-13-14-16-18-22-31(40)37-28-23-24-30(38-32(41)27-28)33-29(21-20-25-36-34(33)42)39-35(43)44-26-19-17-15-12-10-8-6-4-2/h18,22,28-30,33H,3-17,19-21,23-27H2,1-2H3,(H,36,42)(H,37,40)(H,38,41)(H,39,43)/b22-18+/t28?,29-,30-,33?/m0/s1. The number of amides is 4. The topological polar surface area (TPSA) is 126 Å². The molecule has 0 aromatic heterocycles. The van der Waals surface area contributed by atoms with Gasteiger partial charge in [0.2, 0.25) is 17.7 Å². The Balaban J connectivity index is 1.78. The van der Waals surface area contributed by atoms with Gasteiger partial charge in [-0.05, 0) is 51.0 Å². The van der Waals surface area contributed by atoms with Gasteiger partial charge in [0.25, 0.3) is 0 Å². The van der Waals surface area contributed by atoms with Crippen molar-refractivity contribution in [3.05, 3.63) is 12.2 Å². The molecule has 2 fully saturated rings. The number of allylic oxidation sites excluding steroid dienone is 1. The van der Waals surface area contributed by atoms with E-state index in [4.69, 9.17) is 4.74 Å². The average molecular weight is 619 g/mol. The van der Waals surface area contributed by atoms with Gasteiger partial charge in [0.15, 0.2) is 0 Å². The van der Waals surface area contributed by atoms with Crippen LogP contribution in [-0.2, 0) is 19.1 Å². The Morgan fingerprint density at radius 2 is 1.45 bits per heavy atom. The van der Waals surface area contributed by atoms with Crippen molar-refractivity contribution in [3.8, 4) is 0 Å². The maximum Gasteiger partial charge on any atom is 0.407 e. The predicted molar refractivity (Wildman–Crippen MR) is 176 cm³/mol. The van der Waals surface area contributed by atoms with Gasteiger partial charge in [0.05, 0.1) is 12.5 Å². The molecule has 0 saturated carbocycles. The van der Waals surface area contributed by atoms with Crippen molar-refractivity contribution in [1.82, 2.24) is 21.3 Å². The normalized spacial score (nSPS) is 22.5. The quantitative estimate of drug-likeness (QED) is 0.0852. The average Bonchev–Trinajstić information content (AvgIpc) is 3.29. The number of rotatable bonds is 21. The third kappa shape index (κ3) is 16.5. The van der Waals surface area contributed by atoms with Crippen LogP contribution in [-0.4, -0.2) is 55.1 Å². The van der Waals surface area contributed by atoms with Crippen LogP contribution in [0, 0.1) is 5.92 Å². The molecule has 2 aliphatic heterocycles. The highest BCUT2D eigenvalue weighted by atomic mass is 16.5. The van der Waals surface area contributed by atoms with E-state index in [-0.39, 0.29) is 30.2 Å². The first-order valence-electron chi connectivity index (χ1n) is 17.9. The van der Waals surface area contributed by atoms with E-state index in [0.29, 0.717) is 32.4 Å². The summed E-state index contributed by atoms with van der Waals surface area (Å²) in [6, 6.07) is -1.17. The molecule has 2 unspecified atom stereocenters. The minimum absolute atomic E-state index is 0.168. The van der Waals surface area contributed by atoms with Gasteiger partial charge in [-0.1, -0.05) is 103 Å². The molecule has 0 bridgehead atoms. The lowest BCUT2D eigenvalue weighted by atomic mass is 9.86. The fourth-order valence-electron chi connectivity index (χ4n) is 6.33. The van der Waals surface area contributed by atoms with Crippen LogP contribution in [0.3, 0.4) is 0 Å². The smallest absolute Gasteiger partial charge is 0.407 e. The minimum atomic E-state index is -0.603. The second-order valence-electron chi connectivity index (χ2n) is 12.8. The molecule has 0 radical (unpaired) electrons. The second kappa shape index (κ2) is 23.8. The molecule has 9 nitrogen and oxygen atoms in total. The molecule has 4 amide bonds. The lowest BCUT2D eigenvalue weighted by molar-refractivity contribution is -0.127. The third-order valence-electron chi connectivity index (χ3n) is 8.89. The summed E-state index contributed by atoms with van der Waals surface area (Å²) in [6.07, 6.45) is 24.5. The van der Waals surface area contributed by atoms with Crippen LogP contribution in [0.25, 0.3) is 0 Å². The summed E-state index contributed by atoms with van der Waals surface area (Å²) >= 11 is 0. The SMILES string of the molecule is CCCCCCCCC/C=C/C(=O)NC1CC[C@@H](C2C(=O)NCCC[C@@H]2NC(=O)OCCCCCCCCCC)NC(=O)C1. The van der Waals surface area contributed by atoms with Gasteiger partial charge in [-0.3, -0.25) is 14.4 Å². The first-order chi connectivity index (χ1) is 21.4. The predicted octanol–water partition coefficient (Wildman–Crippen LogP) is 6.60. The molecule has 0 spiro atoms. The van der Waals surface area contributed by atoms with Gasteiger partial charge in [0, 0.05) is 31.1 Å². The van der Waals surface area contributed by atoms with Gasteiger partial charge < -0.3 is 26.0 Å². The summed E-state index contributed by atoms with van der Waals surface area (Å²) in [7, 11) is 0. The summed E-state index contributed by atoms with van der Waals surface area (Å²) in [5.41, 5.74) is 0. The van der Waals surface area contributed by atoms with Crippen LogP contribution >= 0.6 is 0 Å². The fourth-order valence-corrected chi connectivity index (χ4v) is 6.33. The van der Waals surface area contributed by atoms with Crippen molar-refractivity contribution in [2.24, 2.45) is 5.92 Å². The van der Waals surface area contributed by atoms with Crippen LogP contribution in [0.15, 0.2) is 12.2 Å². The Labute approximate surface area is 266 Å². The number of nitrogens with one attached hydrogen (secondary N) is 4. The largest absolute Gasteiger partial charge is 0.450 e. The van der Waals surface area contributed by atoms with Crippen molar-refractivity contribution in [2.45, 2.75) is 167 Å². The van der Waals surface area contributed by atoms with Crippen LogP contribution < -0.4 is 21.3 Å². The summed E-state index contributed by atoms with van der Waals surface area (Å²) in [6.45, 7) is 5.33. The van der Waals surface area contributed by atoms with Gasteiger partial charge in [-0.2, -0.15) is 0 Å². The number of carbonyl (C=O) groups is 4. The van der Waals surface area contributed by atoms with Crippen molar-refractivity contribution >= 4 is 23.8 Å². The molecule has 4 N–H and O–H groups in total. The van der Waals surface area contributed by atoms with Gasteiger partial charge in [-0.25, -0.2) is 4.79 Å². The lowest BCUT2D eigenvalue weighted by Gasteiger charge is -2.31. The molecule has 0 aromatic carbocycles. The Kier molecular flexibility index (Phi) is 20.3. The van der Waals surface area contributed by atoms with E-state index < -0.39 is 24.1 Å². The van der Waals surface area contributed by atoms with Gasteiger partial charge in [0.1, 0.15) is 0 Å². The monoisotopic (exact) mass is 618 g/mol. The van der Waals surface area contributed by atoms with Crippen LogP contribution in [0.2, 0.25) is 0 Å². The summed E-state index contributed by atoms with van der Waals surface area (Å²) in [4.78, 5) is 51.2. The fraction of sp³-hybridized carbons (Fsp3) is 0.829. The number of carbonyl (C=O) groups excluding carboxylic acids is 4. The molecule has 252 valence electrons. The Hall–Kier alpha value is -2.58.